The molecule has 2 aliphatic rings. The van der Waals surface area contributed by atoms with Gasteiger partial charge in [0.1, 0.15) is 0 Å². The predicted molar refractivity (Wildman–Crippen MR) is 114 cm³/mol. The Labute approximate surface area is 169 Å². The van der Waals surface area contributed by atoms with E-state index in [4.69, 9.17) is 0 Å². The molecule has 1 aliphatic carbocycles. The second kappa shape index (κ2) is 8.48. The van der Waals surface area contributed by atoms with Gasteiger partial charge in [0.15, 0.2) is 0 Å². The lowest BCUT2D eigenvalue weighted by Crippen LogP contribution is -2.39. The Morgan fingerprint density at radius 2 is 1.71 bits per heavy atom. The van der Waals surface area contributed by atoms with E-state index in [9.17, 15) is 4.79 Å². The van der Waals surface area contributed by atoms with Crippen molar-refractivity contribution in [3.05, 3.63) is 71.8 Å². The molecular weight excluding hydrogens is 344 g/mol. The molecule has 1 spiro atoms. The molecule has 0 radical (unpaired) electrons. The van der Waals surface area contributed by atoms with Gasteiger partial charge in [0, 0.05) is 19.0 Å². The molecule has 1 saturated heterocycles. The predicted octanol–water partition coefficient (Wildman–Crippen LogP) is 4.25. The number of rotatable bonds is 7. The molecule has 4 rings (SSSR count). The number of carbonyl (C=O) groups is 1. The number of nitrogens with zero attached hydrogens (tertiary/aromatic N) is 1. The highest BCUT2D eigenvalue weighted by Crippen LogP contribution is 2.59. The zero-order valence-corrected chi connectivity index (χ0v) is 16.9. The summed E-state index contributed by atoms with van der Waals surface area (Å²) in [4.78, 5) is 15.2. The molecule has 28 heavy (non-hydrogen) atoms. The summed E-state index contributed by atoms with van der Waals surface area (Å²) < 4.78 is 0. The van der Waals surface area contributed by atoms with Gasteiger partial charge < -0.3 is 10.2 Å². The number of piperidine rings is 1. The van der Waals surface area contributed by atoms with Gasteiger partial charge in [-0.1, -0.05) is 67.6 Å². The van der Waals surface area contributed by atoms with E-state index in [-0.39, 0.29) is 11.8 Å². The standard InChI is InChI=1S/C25H32N2O/c1-20(22-10-6-3-7-11-22)19-27-16-13-25(14-17-27)18-23(25)24(28)26-15-12-21-8-4-2-5-9-21/h2-11,20,23H,12-19H2,1H3,(H,26,28)/t20-,23+/m1/s1. The zero-order chi connectivity index (χ0) is 19.4. The van der Waals surface area contributed by atoms with Crippen molar-refractivity contribution in [1.82, 2.24) is 10.2 Å². The SMILES string of the molecule is C[C@H](CN1CCC2(CC1)C[C@H]2C(=O)NCCc1ccccc1)c1ccccc1. The van der Waals surface area contributed by atoms with Crippen molar-refractivity contribution in [3.8, 4) is 0 Å². The quantitative estimate of drug-likeness (QED) is 0.783. The van der Waals surface area contributed by atoms with E-state index in [1.807, 2.05) is 6.07 Å². The molecule has 2 aromatic rings. The lowest BCUT2D eigenvalue weighted by Gasteiger charge is -2.34. The molecule has 0 unspecified atom stereocenters. The Morgan fingerprint density at radius 3 is 2.39 bits per heavy atom. The van der Waals surface area contributed by atoms with Gasteiger partial charge in [-0.05, 0) is 61.2 Å². The first-order valence-corrected chi connectivity index (χ1v) is 10.8. The van der Waals surface area contributed by atoms with E-state index in [0.717, 1.165) is 39.0 Å². The van der Waals surface area contributed by atoms with Gasteiger partial charge >= 0.3 is 0 Å². The minimum atomic E-state index is 0.247. The molecule has 1 N–H and O–H groups in total. The molecule has 3 heteroatoms. The third kappa shape index (κ3) is 4.47. The first-order chi connectivity index (χ1) is 13.7. The molecule has 0 aromatic heterocycles. The number of nitrogens with one attached hydrogen (secondary N) is 1. The third-order valence-corrected chi connectivity index (χ3v) is 6.81. The van der Waals surface area contributed by atoms with Crippen molar-refractivity contribution in [3.63, 3.8) is 0 Å². The average Bonchev–Trinajstić information content (AvgIpc) is 3.45. The number of likely N-dealkylation sites (tertiary alicyclic amines) is 1. The third-order valence-electron chi connectivity index (χ3n) is 6.81. The van der Waals surface area contributed by atoms with Crippen LogP contribution in [0, 0.1) is 11.3 Å². The van der Waals surface area contributed by atoms with Gasteiger partial charge in [0.25, 0.3) is 0 Å². The van der Waals surface area contributed by atoms with Gasteiger partial charge in [0.05, 0.1) is 0 Å². The molecule has 1 amide bonds. The van der Waals surface area contributed by atoms with Crippen LogP contribution in [0.1, 0.15) is 43.2 Å². The van der Waals surface area contributed by atoms with Crippen molar-refractivity contribution in [2.75, 3.05) is 26.2 Å². The Morgan fingerprint density at radius 1 is 1.07 bits per heavy atom. The smallest absolute Gasteiger partial charge is 0.223 e. The summed E-state index contributed by atoms with van der Waals surface area (Å²) in [5, 5.41) is 3.18. The van der Waals surface area contributed by atoms with Crippen LogP contribution < -0.4 is 5.32 Å². The average molecular weight is 377 g/mol. The second-order valence-corrected chi connectivity index (χ2v) is 8.76. The molecule has 0 bridgehead atoms. The van der Waals surface area contributed by atoms with Crippen molar-refractivity contribution >= 4 is 5.91 Å². The van der Waals surface area contributed by atoms with Crippen LogP contribution in [0.4, 0.5) is 0 Å². The van der Waals surface area contributed by atoms with Crippen LogP contribution in [0.25, 0.3) is 0 Å². The van der Waals surface area contributed by atoms with Gasteiger partial charge in [0.2, 0.25) is 5.91 Å². The number of carbonyl (C=O) groups excluding carboxylic acids is 1. The molecular formula is C25H32N2O. The van der Waals surface area contributed by atoms with Crippen LogP contribution in [-0.2, 0) is 11.2 Å². The molecule has 1 aliphatic heterocycles. The minimum Gasteiger partial charge on any atom is -0.356 e. The van der Waals surface area contributed by atoms with Gasteiger partial charge in [-0.15, -0.1) is 0 Å². The van der Waals surface area contributed by atoms with Crippen LogP contribution in [0.15, 0.2) is 60.7 Å². The van der Waals surface area contributed by atoms with Crippen LogP contribution in [0.3, 0.4) is 0 Å². The first-order valence-electron chi connectivity index (χ1n) is 10.8. The van der Waals surface area contributed by atoms with E-state index >= 15 is 0 Å². The van der Waals surface area contributed by atoms with Crippen molar-refractivity contribution in [1.29, 1.82) is 0 Å². The van der Waals surface area contributed by atoms with Gasteiger partial charge in [-0.25, -0.2) is 0 Å². The monoisotopic (exact) mass is 376 g/mol. The molecule has 2 fully saturated rings. The molecule has 1 heterocycles. The highest BCUT2D eigenvalue weighted by atomic mass is 16.2. The Balaban J connectivity index is 1.19. The van der Waals surface area contributed by atoms with E-state index in [0.29, 0.717) is 11.3 Å². The summed E-state index contributed by atoms with van der Waals surface area (Å²) in [6.07, 6.45) is 4.35. The molecule has 148 valence electrons. The fourth-order valence-electron chi connectivity index (χ4n) is 4.82. The maximum absolute atomic E-state index is 12.6. The lowest BCUT2D eigenvalue weighted by molar-refractivity contribution is -0.123. The van der Waals surface area contributed by atoms with Gasteiger partial charge in [-0.2, -0.15) is 0 Å². The largest absolute Gasteiger partial charge is 0.356 e. The van der Waals surface area contributed by atoms with Crippen molar-refractivity contribution in [2.24, 2.45) is 11.3 Å². The van der Waals surface area contributed by atoms with Crippen LogP contribution >= 0.6 is 0 Å². The summed E-state index contributed by atoms with van der Waals surface area (Å²) in [6, 6.07) is 21.2. The maximum atomic E-state index is 12.6. The number of benzene rings is 2. The van der Waals surface area contributed by atoms with E-state index in [2.05, 4.69) is 71.7 Å². The summed E-state index contributed by atoms with van der Waals surface area (Å²) >= 11 is 0. The number of amides is 1. The normalized spacial score (nSPS) is 22.0. The molecule has 1 saturated carbocycles. The Bertz CT molecular complexity index is 766. The van der Waals surface area contributed by atoms with Crippen molar-refractivity contribution in [2.45, 2.75) is 38.5 Å². The maximum Gasteiger partial charge on any atom is 0.223 e. The fraction of sp³-hybridized carbons (Fsp3) is 0.480. The number of hydrogen-bond donors (Lipinski definition) is 1. The summed E-state index contributed by atoms with van der Waals surface area (Å²) in [5.74, 6) is 1.09. The molecule has 2 atom stereocenters. The van der Waals surface area contributed by atoms with Crippen LogP contribution in [0.5, 0.6) is 0 Å². The molecule has 3 nitrogen and oxygen atoms in total. The van der Waals surface area contributed by atoms with Gasteiger partial charge in [-0.3, -0.25) is 4.79 Å². The minimum absolute atomic E-state index is 0.247. The van der Waals surface area contributed by atoms with Crippen LogP contribution in [-0.4, -0.2) is 37.0 Å². The van der Waals surface area contributed by atoms with Crippen molar-refractivity contribution < 1.29 is 4.79 Å². The fourth-order valence-corrected chi connectivity index (χ4v) is 4.82. The Hall–Kier alpha value is -2.13. The summed E-state index contributed by atoms with van der Waals surface area (Å²) in [5.41, 5.74) is 3.00. The highest BCUT2D eigenvalue weighted by molar-refractivity contribution is 5.82. The highest BCUT2D eigenvalue weighted by Gasteiger charge is 2.58. The Kier molecular flexibility index (Phi) is 5.82. The zero-order valence-electron chi connectivity index (χ0n) is 16.9. The molecule has 2 aromatic carbocycles. The summed E-state index contributed by atoms with van der Waals surface area (Å²) in [6.45, 7) is 6.44. The van der Waals surface area contributed by atoms with E-state index < -0.39 is 0 Å². The first kappa shape index (κ1) is 19.2. The number of hydrogen-bond acceptors (Lipinski definition) is 2. The van der Waals surface area contributed by atoms with Crippen LogP contribution in [0.2, 0.25) is 0 Å². The van der Waals surface area contributed by atoms with E-state index in [1.54, 1.807) is 0 Å². The summed E-state index contributed by atoms with van der Waals surface area (Å²) in [7, 11) is 0. The lowest BCUT2D eigenvalue weighted by atomic mass is 9.89. The second-order valence-electron chi connectivity index (χ2n) is 8.76. The topological polar surface area (TPSA) is 32.3 Å². The van der Waals surface area contributed by atoms with E-state index in [1.165, 1.54) is 24.0 Å².